The SMILES string of the molecule is CS(=O)(=O)c1cccc(-n2ncc3c(=O)n(-c4ccc(Cl)cc4)c(-c4ccc(-c5ccc(N)nn5)cc4)nc32)c1. The molecular weight excluding hydrogens is 550 g/mol. The Bertz CT molecular complexity index is 2050. The first kappa shape index (κ1) is 25.4. The van der Waals surface area contributed by atoms with Crippen LogP contribution in [0.15, 0.2) is 101 Å². The van der Waals surface area contributed by atoms with Crippen LogP contribution < -0.4 is 11.3 Å². The van der Waals surface area contributed by atoms with Crippen LogP contribution in [0.1, 0.15) is 0 Å². The molecule has 0 aliphatic carbocycles. The zero-order valence-corrected chi connectivity index (χ0v) is 22.5. The van der Waals surface area contributed by atoms with E-state index in [-0.39, 0.29) is 21.5 Å². The maximum atomic E-state index is 13.9. The molecule has 3 aromatic carbocycles. The number of fused-ring (bicyclic) bond motifs is 1. The Morgan fingerprint density at radius 2 is 1.57 bits per heavy atom. The van der Waals surface area contributed by atoms with Gasteiger partial charge < -0.3 is 5.73 Å². The van der Waals surface area contributed by atoms with Crippen molar-refractivity contribution in [3.05, 3.63) is 107 Å². The lowest BCUT2D eigenvalue weighted by Gasteiger charge is -2.14. The van der Waals surface area contributed by atoms with Crippen LogP contribution in [0.25, 0.3) is 45.1 Å². The number of anilines is 1. The second kappa shape index (κ2) is 9.70. The quantitative estimate of drug-likeness (QED) is 0.323. The topological polar surface area (TPSA) is 139 Å². The van der Waals surface area contributed by atoms with Crippen molar-refractivity contribution in [2.75, 3.05) is 12.0 Å². The molecule has 0 atom stereocenters. The lowest BCUT2D eigenvalue weighted by Crippen LogP contribution is -2.22. The molecule has 10 nitrogen and oxygen atoms in total. The number of sulfone groups is 1. The van der Waals surface area contributed by atoms with E-state index >= 15 is 0 Å². The van der Waals surface area contributed by atoms with Crippen molar-refractivity contribution in [3.8, 4) is 34.0 Å². The first-order valence-electron chi connectivity index (χ1n) is 12.0. The van der Waals surface area contributed by atoms with E-state index in [0.717, 1.165) is 11.8 Å². The molecule has 0 saturated heterocycles. The highest BCUT2D eigenvalue weighted by molar-refractivity contribution is 7.90. The van der Waals surface area contributed by atoms with E-state index in [1.807, 2.05) is 24.3 Å². The summed E-state index contributed by atoms with van der Waals surface area (Å²) in [7, 11) is -3.46. The average molecular weight is 570 g/mol. The zero-order chi connectivity index (χ0) is 28.0. The number of rotatable bonds is 5. The normalized spacial score (nSPS) is 11.7. The summed E-state index contributed by atoms with van der Waals surface area (Å²) in [5.41, 5.74) is 8.72. The fourth-order valence-electron chi connectivity index (χ4n) is 4.31. The summed E-state index contributed by atoms with van der Waals surface area (Å²) in [4.78, 5) is 18.9. The minimum Gasteiger partial charge on any atom is -0.382 e. The number of nitrogens with zero attached hydrogens (tertiary/aromatic N) is 6. The van der Waals surface area contributed by atoms with Gasteiger partial charge in [-0.2, -0.15) is 5.10 Å². The van der Waals surface area contributed by atoms with Gasteiger partial charge in [-0.15, -0.1) is 10.2 Å². The molecule has 0 spiro atoms. The number of benzene rings is 3. The molecule has 0 amide bonds. The maximum Gasteiger partial charge on any atom is 0.269 e. The zero-order valence-electron chi connectivity index (χ0n) is 20.9. The molecule has 12 heteroatoms. The third-order valence-corrected chi connectivity index (χ3v) is 7.66. The number of aromatic nitrogens is 6. The molecule has 0 saturated carbocycles. The van der Waals surface area contributed by atoms with Crippen molar-refractivity contribution >= 4 is 38.3 Å². The molecule has 0 bridgehead atoms. The van der Waals surface area contributed by atoms with Crippen molar-refractivity contribution in [1.82, 2.24) is 29.5 Å². The summed E-state index contributed by atoms with van der Waals surface area (Å²) in [5.74, 6) is 0.680. The minimum absolute atomic E-state index is 0.129. The van der Waals surface area contributed by atoms with Crippen molar-refractivity contribution in [3.63, 3.8) is 0 Å². The summed E-state index contributed by atoms with van der Waals surface area (Å²) in [6, 6.07) is 24.0. The molecule has 198 valence electrons. The number of halogens is 1. The first-order chi connectivity index (χ1) is 19.2. The smallest absolute Gasteiger partial charge is 0.269 e. The van der Waals surface area contributed by atoms with Crippen molar-refractivity contribution in [1.29, 1.82) is 0 Å². The van der Waals surface area contributed by atoms with Gasteiger partial charge in [-0.25, -0.2) is 18.1 Å². The summed E-state index contributed by atoms with van der Waals surface area (Å²) in [6.45, 7) is 0. The lowest BCUT2D eigenvalue weighted by atomic mass is 10.1. The van der Waals surface area contributed by atoms with E-state index in [1.54, 1.807) is 48.5 Å². The first-order valence-corrected chi connectivity index (χ1v) is 14.2. The molecule has 40 heavy (non-hydrogen) atoms. The van der Waals surface area contributed by atoms with Crippen LogP contribution in [0.2, 0.25) is 5.02 Å². The van der Waals surface area contributed by atoms with Gasteiger partial charge in [0.25, 0.3) is 5.56 Å². The minimum atomic E-state index is -3.46. The summed E-state index contributed by atoms with van der Waals surface area (Å²) < 4.78 is 27.3. The molecule has 0 aliphatic heterocycles. The van der Waals surface area contributed by atoms with Crippen LogP contribution >= 0.6 is 11.6 Å². The fraction of sp³-hybridized carbons (Fsp3) is 0.0357. The molecule has 0 aliphatic rings. The van der Waals surface area contributed by atoms with E-state index in [4.69, 9.17) is 22.3 Å². The van der Waals surface area contributed by atoms with Crippen LogP contribution in [-0.4, -0.2) is 44.2 Å². The Kier molecular flexibility index (Phi) is 6.16. The van der Waals surface area contributed by atoms with Crippen molar-refractivity contribution in [2.24, 2.45) is 0 Å². The van der Waals surface area contributed by atoms with Gasteiger partial charge in [0.2, 0.25) is 0 Å². The molecule has 3 aromatic heterocycles. The Morgan fingerprint density at radius 3 is 2.25 bits per heavy atom. The predicted molar refractivity (Wildman–Crippen MR) is 153 cm³/mol. The number of hydrogen-bond donors (Lipinski definition) is 1. The standard InChI is InChI=1S/C28H20ClN7O3S/c1-40(38,39)22-4-2-3-21(15-22)36-27-23(16-31-36)28(37)35(20-11-9-19(29)10-12-20)26(32-27)18-7-5-17(6-8-18)24-13-14-25(30)34-33-24/h2-16H,1H3,(H2,30,34). The summed E-state index contributed by atoms with van der Waals surface area (Å²) in [5, 5.41) is 13.2. The maximum absolute atomic E-state index is 13.9. The highest BCUT2D eigenvalue weighted by atomic mass is 35.5. The monoisotopic (exact) mass is 569 g/mol. The van der Waals surface area contributed by atoms with E-state index in [0.29, 0.717) is 39.3 Å². The van der Waals surface area contributed by atoms with E-state index in [9.17, 15) is 13.2 Å². The third kappa shape index (κ3) is 4.61. The van der Waals surface area contributed by atoms with Crippen LogP contribution in [0.5, 0.6) is 0 Å². The number of hydrogen-bond acceptors (Lipinski definition) is 8. The lowest BCUT2D eigenvalue weighted by molar-refractivity contribution is 0.601. The predicted octanol–water partition coefficient (Wildman–Crippen LogP) is 4.33. The molecule has 0 radical (unpaired) electrons. The van der Waals surface area contributed by atoms with E-state index < -0.39 is 9.84 Å². The second-order valence-electron chi connectivity index (χ2n) is 9.04. The third-order valence-electron chi connectivity index (χ3n) is 6.30. The van der Waals surface area contributed by atoms with E-state index in [2.05, 4.69) is 15.3 Å². The van der Waals surface area contributed by atoms with Gasteiger partial charge in [-0.3, -0.25) is 9.36 Å². The highest BCUT2D eigenvalue weighted by Gasteiger charge is 2.19. The Balaban J connectivity index is 1.57. The number of nitrogen functional groups attached to an aromatic ring is 1. The van der Waals surface area contributed by atoms with Crippen LogP contribution in [0.3, 0.4) is 0 Å². The average Bonchev–Trinajstić information content (AvgIpc) is 3.38. The molecule has 3 heterocycles. The Hall–Kier alpha value is -4.87. The van der Waals surface area contributed by atoms with Gasteiger partial charge >= 0.3 is 0 Å². The van der Waals surface area contributed by atoms with Gasteiger partial charge in [0.1, 0.15) is 17.0 Å². The van der Waals surface area contributed by atoms with Crippen LogP contribution in [0.4, 0.5) is 5.82 Å². The van der Waals surface area contributed by atoms with Crippen molar-refractivity contribution in [2.45, 2.75) is 4.90 Å². The highest BCUT2D eigenvalue weighted by Crippen LogP contribution is 2.27. The fourth-order valence-corrected chi connectivity index (χ4v) is 5.10. The van der Waals surface area contributed by atoms with Gasteiger partial charge in [-0.1, -0.05) is 41.9 Å². The van der Waals surface area contributed by atoms with Gasteiger partial charge in [-0.05, 0) is 54.6 Å². The summed E-state index contributed by atoms with van der Waals surface area (Å²) >= 11 is 6.11. The van der Waals surface area contributed by atoms with Crippen molar-refractivity contribution < 1.29 is 8.42 Å². The molecule has 6 rings (SSSR count). The molecule has 6 aromatic rings. The van der Waals surface area contributed by atoms with Gasteiger partial charge in [0, 0.05) is 22.4 Å². The van der Waals surface area contributed by atoms with Gasteiger partial charge in [0.15, 0.2) is 15.5 Å². The van der Waals surface area contributed by atoms with Crippen LogP contribution in [0, 0.1) is 0 Å². The molecule has 2 N–H and O–H groups in total. The second-order valence-corrected chi connectivity index (χ2v) is 11.5. The Labute approximate surface area is 233 Å². The molecule has 0 unspecified atom stereocenters. The molecular formula is C28H20ClN7O3S. The largest absolute Gasteiger partial charge is 0.382 e. The summed E-state index contributed by atoms with van der Waals surface area (Å²) in [6.07, 6.45) is 2.56. The van der Waals surface area contributed by atoms with Crippen LogP contribution in [-0.2, 0) is 9.84 Å². The van der Waals surface area contributed by atoms with E-state index in [1.165, 1.54) is 27.6 Å². The Morgan fingerprint density at radius 1 is 0.850 bits per heavy atom. The van der Waals surface area contributed by atoms with Gasteiger partial charge in [0.05, 0.1) is 28.2 Å². The molecule has 0 fully saturated rings. The number of nitrogens with two attached hydrogens (primary N) is 1.